The highest BCUT2D eigenvalue weighted by molar-refractivity contribution is 5.89. The lowest BCUT2D eigenvalue weighted by atomic mass is 10.2. The average Bonchev–Trinajstić information content (AvgIpc) is 3.09. The summed E-state index contributed by atoms with van der Waals surface area (Å²) in [4.78, 5) is 30.2. The second-order valence-electron chi connectivity index (χ2n) is 7.48. The summed E-state index contributed by atoms with van der Waals surface area (Å²) >= 11 is 0. The fourth-order valence-corrected chi connectivity index (χ4v) is 3.59. The molecule has 4 heterocycles. The minimum absolute atomic E-state index is 0.00973. The van der Waals surface area contributed by atoms with Gasteiger partial charge in [0.1, 0.15) is 11.5 Å². The Hall–Kier alpha value is -2.52. The number of hydrogen-bond acceptors (Lipinski definition) is 8. The number of morpholine rings is 1. The van der Waals surface area contributed by atoms with Crippen LogP contribution in [0.15, 0.2) is 10.5 Å². The molecule has 0 aromatic carbocycles. The first-order valence-electron chi connectivity index (χ1n) is 9.62. The molecule has 2 aromatic rings. The van der Waals surface area contributed by atoms with Gasteiger partial charge in [0, 0.05) is 44.0 Å². The molecule has 150 valence electrons. The number of aryl methyl sites for hydroxylation is 2. The zero-order valence-electron chi connectivity index (χ0n) is 16.6. The van der Waals surface area contributed by atoms with Gasteiger partial charge in [-0.25, -0.2) is 15.0 Å². The van der Waals surface area contributed by atoms with E-state index in [0.29, 0.717) is 32.1 Å². The number of rotatable bonds is 4. The van der Waals surface area contributed by atoms with Crippen LogP contribution >= 0.6 is 0 Å². The van der Waals surface area contributed by atoms with E-state index in [-0.39, 0.29) is 17.9 Å². The fourth-order valence-electron chi connectivity index (χ4n) is 3.59. The van der Waals surface area contributed by atoms with Gasteiger partial charge in [-0.15, -0.1) is 0 Å². The van der Waals surface area contributed by atoms with Crippen molar-refractivity contribution in [1.29, 1.82) is 0 Å². The molecule has 28 heavy (non-hydrogen) atoms. The molecule has 1 amide bonds. The summed E-state index contributed by atoms with van der Waals surface area (Å²) in [5, 5.41) is 2.87. The van der Waals surface area contributed by atoms with Crippen LogP contribution in [-0.4, -0.2) is 71.7 Å². The Kier molecular flexibility index (Phi) is 5.27. The molecule has 1 saturated heterocycles. The number of amides is 1. The normalized spacial score (nSPS) is 20.1. The Balaban J connectivity index is 1.40. The molecule has 0 bridgehead atoms. The second kappa shape index (κ2) is 7.84. The summed E-state index contributed by atoms with van der Waals surface area (Å²) in [5.74, 6) is 1.26. The lowest BCUT2D eigenvalue weighted by molar-refractivity contribution is -0.0176. The number of nitrogens with one attached hydrogen (secondary N) is 1. The minimum Gasteiger partial charge on any atom is -0.437 e. The molecule has 9 heteroatoms. The highest BCUT2D eigenvalue weighted by atomic mass is 16.5. The zero-order chi connectivity index (χ0) is 19.7. The third kappa shape index (κ3) is 4.15. The van der Waals surface area contributed by atoms with Crippen molar-refractivity contribution in [2.24, 2.45) is 0 Å². The molecular formula is C19H26N6O3. The molecule has 4 rings (SSSR count). The fraction of sp³-hybridized carbons (Fsp3) is 0.579. The molecule has 1 N–H and O–H groups in total. The van der Waals surface area contributed by atoms with Crippen LogP contribution in [0.4, 0.5) is 5.95 Å². The van der Waals surface area contributed by atoms with Gasteiger partial charge in [-0.1, -0.05) is 0 Å². The summed E-state index contributed by atoms with van der Waals surface area (Å²) in [5.41, 5.74) is 2.64. The van der Waals surface area contributed by atoms with Crippen LogP contribution in [0.25, 0.3) is 0 Å². The van der Waals surface area contributed by atoms with Crippen molar-refractivity contribution in [3.05, 3.63) is 34.8 Å². The molecule has 1 atom stereocenters. The lowest BCUT2D eigenvalue weighted by Gasteiger charge is -2.29. The third-order valence-electron chi connectivity index (χ3n) is 5.01. The first-order valence-corrected chi connectivity index (χ1v) is 9.62. The Morgan fingerprint density at radius 3 is 2.79 bits per heavy atom. The number of nitrogens with zero attached hydrogens (tertiary/aromatic N) is 5. The van der Waals surface area contributed by atoms with Crippen LogP contribution in [0.2, 0.25) is 0 Å². The Morgan fingerprint density at radius 1 is 1.25 bits per heavy atom. The number of carbonyl (C=O) groups excluding carboxylic acids is 1. The quantitative estimate of drug-likeness (QED) is 0.821. The van der Waals surface area contributed by atoms with Crippen molar-refractivity contribution in [2.45, 2.75) is 32.9 Å². The van der Waals surface area contributed by atoms with E-state index in [2.05, 4.69) is 30.1 Å². The van der Waals surface area contributed by atoms with E-state index in [1.54, 1.807) is 0 Å². The second-order valence-corrected chi connectivity index (χ2v) is 7.48. The van der Waals surface area contributed by atoms with Gasteiger partial charge in [0.15, 0.2) is 0 Å². The largest absolute Gasteiger partial charge is 0.437 e. The van der Waals surface area contributed by atoms with E-state index in [4.69, 9.17) is 9.15 Å². The van der Waals surface area contributed by atoms with E-state index in [0.717, 1.165) is 42.5 Å². The number of likely N-dealkylation sites (N-methyl/N-ethyl adjacent to an activating group) is 1. The van der Waals surface area contributed by atoms with Gasteiger partial charge in [-0.05, 0) is 27.0 Å². The van der Waals surface area contributed by atoms with Crippen LogP contribution in [0.3, 0.4) is 0 Å². The first kappa shape index (κ1) is 18.8. The smallest absolute Gasteiger partial charge is 0.307 e. The van der Waals surface area contributed by atoms with Crippen LogP contribution in [0, 0.1) is 13.8 Å². The molecule has 2 aliphatic heterocycles. The zero-order valence-corrected chi connectivity index (χ0v) is 16.6. The number of oxazole rings is 1. The monoisotopic (exact) mass is 386 g/mol. The van der Waals surface area contributed by atoms with E-state index >= 15 is 0 Å². The van der Waals surface area contributed by atoms with Crippen molar-refractivity contribution >= 4 is 11.9 Å². The molecule has 1 fully saturated rings. The number of ether oxygens (including phenoxy) is 1. The molecule has 2 aliphatic rings. The van der Waals surface area contributed by atoms with Gasteiger partial charge in [0.25, 0.3) is 5.89 Å². The van der Waals surface area contributed by atoms with E-state index in [1.807, 2.05) is 27.0 Å². The van der Waals surface area contributed by atoms with E-state index in [9.17, 15) is 4.79 Å². The van der Waals surface area contributed by atoms with E-state index in [1.165, 1.54) is 0 Å². The minimum atomic E-state index is -0.305. The van der Waals surface area contributed by atoms with Crippen LogP contribution < -0.4 is 10.2 Å². The van der Waals surface area contributed by atoms with Gasteiger partial charge in [-0.2, -0.15) is 0 Å². The molecule has 0 spiro atoms. The molecular weight excluding hydrogens is 360 g/mol. The van der Waals surface area contributed by atoms with Crippen LogP contribution in [0.5, 0.6) is 0 Å². The number of fused-ring (bicyclic) bond motifs is 1. The number of anilines is 1. The molecule has 0 radical (unpaired) electrons. The van der Waals surface area contributed by atoms with Crippen molar-refractivity contribution in [1.82, 2.24) is 25.2 Å². The predicted octanol–water partition coefficient (Wildman–Crippen LogP) is 0.705. The molecule has 0 saturated carbocycles. The van der Waals surface area contributed by atoms with Gasteiger partial charge in [0.2, 0.25) is 5.95 Å². The highest BCUT2D eigenvalue weighted by Gasteiger charge is 2.27. The molecule has 0 unspecified atom stereocenters. The van der Waals surface area contributed by atoms with Gasteiger partial charge < -0.3 is 24.3 Å². The lowest BCUT2D eigenvalue weighted by Crippen LogP contribution is -2.46. The summed E-state index contributed by atoms with van der Waals surface area (Å²) in [6.07, 6.45) is 0.659. The van der Waals surface area contributed by atoms with Gasteiger partial charge in [-0.3, -0.25) is 4.79 Å². The maximum atomic E-state index is 12.5. The summed E-state index contributed by atoms with van der Waals surface area (Å²) in [7, 11) is 2.05. The maximum Gasteiger partial charge on any atom is 0.307 e. The summed E-state index contributed by atoms with van der Waals surface area (Å²) in [6, 6.07) is 1.95. The summed E-state index contributed by atoms with van der Waals surface area (Å²) in [6.45, 7) is 8.02. The van der Waals surface area contributed by atoms with Crippen molar-refractivity contribution in [3.63, 3.8) is 0 Å². The van der Waals surface area contributed by atoms with Crippen molar-refractivity contribution < 1.29 is 13.9 Å². The van der Waals surface area contributed by atoms with Crippen molar-refractivity contribution in [3.8, 4) is 0 Å². The molecule has 0 aliphatic carbocycles. The standard InChI is InChI=1S/C19H26N6O3/c1-12-8-13(2)22-19(21-12)25-5-4-16-15(11-25)23-18(28-16)17(26)20-9-14-10-24(3)6-7-27-14/h8,14H,4-7,9-11H2,1-3H3,(H,20,26)/t14-/m0/s1. The Labute approximate surface area is 164 Å². The Bertz CT molecular complexity index is 847. The number of aromatic nitrogens is 3. The maximum absolute atomic E-state index is 12.5. The topological polar surface area (TPSA) is 96.6 Å². The van der Waals surface area contributed by atoms with Crippen LogP contribution in [-0.2, 0) is 17.7 Å². The third-order valence-corrected chi connectivity index (χ3v) is 5.01. The predicted molar refractivity (Wildman–Crippen MR) is 102 cm³/mol. The molecule has 2 aromatic heterocycles. The van der Waals surface area contributed by atoms with Crippen LogP contribution in [0.1, 0.15) is 33.5 Å². The Morgan fingerprint density at radius 2 is 2.04 bits per heavy atom. The SMILES string of the molecule is Cc1cc(C)nc(N2CCc3oc(C(=O)NC[C@H]4CN(C)CCO4)nc3C2)n1. The number of carbonyl (C=O) groups is 1. The first-order chi connectivity index (χ1) is 13.5. The summed E-state index contributed by atoms with van der Waals surface area (Å²) < 4.78 is 11.4. The van der Waals surface area contributed by atoms with Gasteiger partial charge >= 0.3 is 5.91 Å². The van der Waals surface area contributed by atoms with E-state index < -0.39 is 0 Å². The number of hydrogen-bond donors (Lipinski definition) is 1. The molecule has 9 nitrogen and oxygen atoms in total. The van der Waals surface area contributed by atoms with Gasteiger partial charge in [0.05, 0.1) is 19.3 Å². The highest BCUT2D eigenvalue weighted by Crippen LogP contribution is 2.23. The average molecular weight is 386 g/mol. The van der Waals surface area contributed by atoms with Crippen molar-refractivity contribution in [2.75, 3.05) is 44.7 Å².